The largest absolute Gasteiger partial charge is 0.493 e. The summed E-state index contributed by atoms with van der Waals surface area (Å²) >= 11 is 0. The molecule has 0 saturated heterocycles. The predicted molar refractivity (Wildman–Crippen MR) is 122 cm³/mol. The Morgan fingerprint density at radius 2 is 1.72 bits per heavy atom. The number of carbonyl (C=O) groups excluding carboxylic acids is 1. The average molecular weight is 434 g/mol. The maximum absolute atomic E-state index is 13.0. The highest BCUT2D eigenvalue weighted by Crippen LogP contribution is 2.33. The molecule has 0 spiro atoms. The fourth-order valence-electron chi connectivity index (χ4n) is 4.04. The highest BCUT2D eigenvalue weighted by Gasteiger charge is 2.23. The number of aromatic nitrogens is 2. The first kappa shape index (κ1) is 21.6. The van der Waals surface area contributed by atoms with Gasteiger partial charge in [-0.1, -0.05) is 17.7 Å². The van der Waals surface area contributed by atoms with E-state index in [4.69, 9.17) is 9.47 Å². The Balaban J connectivity index is 1.56. The third-order valence-corrected chi connectivity index (χ3v) is 5.89. The first-order valence-electron chi connectivity index (χ1n) is 10.6. The van der Waals surface area contributed by atoms with E-state index in [-0.39, 0.29) is 18.0 Å². The minimum Gasteiger partial charge on any atom is -0.493 e. The van der Waals surface area contributed by atoms with Gasteiger partial charge in [0.1, 0.15) is 6.54 Å². The molecular formula is C25H27N3O4. The van der Waals surface area contributed by atoms with Crippen LogP contribution in [0.25, 0.3) is 11.3 Å². The summed E-state index contributed by atoms with van der Waals surface area (Å²) in [5.41, 5.74) is 5.68. The molecule has 2 heterocycles. The van der Waals surface area contributed by atoms with Gasteiger partial charge in [0.2, 0.25) is 5.91 Å². The Hall–Kier alpha value is -3.61. The number of nitrogens with zero attached hydrogens (tertiary/aromatic N) is 3. The molecule has 1 aliphatic heterocycles. The van der Waals surface area contributed by atoms with Crippen LogP contribution in [-0.2, 0) is 24.3 Å². The summed E-state index contributed by atoms with van der Waals surface area (Å²) < 4.78 is 12.0. The van der Waals surface area contributed by atoms with Gasteiger partial charge in [0.05, 0.1) is 19.9 Å². The standard InChI is InChI=1S/C25H27N3O4/c1-16-5-6-17(2)20(11-16)21-7-8-24(29)28(26-21)15-25(30)27-10-9-18-12-22(31-3)23(32-4)13-19(18)14-27/h5-8,11-13H,9-10,14-15H2,1-4H3. The van der Waals surface area contributed by atoms with Gasteiger partial charge in [-0.3, -0.25) is 9.59 Å². The molecule has 0 aliphatic carbocycles. The lowest BCUT2D eigenvalue weighted by Gasteiger charge is -2.29. The van der Waals surface area contributed by atoms with Gasteiger partial charge in [0, 0.05) is 24.7 Å². The van der Waals surface area contributed by atoms with Crippen LogP contribution < -0.4 is 15.0 Å². The Labute approximate surface area is 187 Å². The fourth-order valence-corrected chi connectivity index (χ4v) is 4.04. The van der Waals surface area contributed by atoms with Gasteiger partial charge in [-0.15, -0.1) is 0 Å². The number of rotatable bonds is 5. The number of fused-ring (bicyclic) bond motifs is 1. The summed E-state index contributed by atoms with van der Waals surface area (Å²) in [6.07, 6.45) is 0.715. The summed E-state index contributed by atoms with van der Waals surface area (Å²) in [6, 6.07) is 13.2. The molecule has 0 saturated carbocycles. The lowest BCUT2D eigenvalue weighted by Crippen LogP contribution is -2.40. The summed E-state index contributed by atoms with van der Waals surface area (Å²) in [5.74, 6) is 1.18. The highest BCUT2D eigenvalue weighted by atomic mass is 16.5. The minimum absolute atomic E-state index is 0.0971. The van der Waals surface area contributed by atoms with Crippen molar-refractivity contribution >= 4 is 5.91 Å². The third kappa shape index (κ3) is 4.23. The lowest BCUT2D eigenvalue weighted by molar-refractivity contribution is -0.133. The zero-order valence-corrected chi connectivity index (χ0v) is 18.8. The number of ether oxygens (including phenoxy) is 2. The second kappa shape index (κ2) is 8.86. The molecule has 0 N–H and O–H groups in total. The second-order valence-corrected chi connectivity index (χ2v) is 8.07. The Morgan fingerprint density at radius 1 is 1.00 bits per heavy atom. The molecule has 0 fully saturated rings. The van der Waals surface area contributed by atoms with E-state index < -0.39 is 0 Å². The van der Waals surface area contributed by atoms with Crippen LogP contribution in [0, 0.1) is 13.8 Å². The summed E-state index contributed by atoms with van der Waals surface area (Å²) in [4.78, 5) is 27.2. The number of aryl methyl sites for hydroxylation is 2. The maximum Gasteiger partial charge on any atom is 0.267 e. The molecule has 0 radical (unpaired) electrons. The van der Waals surface area contributed by atoms with E-state index in [2.05, 4.69) is 5.10 Å². The predicted octanol–water partition coefficient (Wildman–Crippen LogP) is 3.13. The lowest BCUT2D eigenvalue weighted by atomic mass is 9.98. The molecule has 1 aliphatic rings. The van der Waals surface area contributed by atoms with Crippen molar-refractivity contribution in [3.05, 3.63) is 75.1 Å². The van der Waals surface area contributed by atoms with Gasteiger partial charge in [-0.2, -0.15) is 5.10 Å². The van der Waals surface area contributed by atoms with E-state index in [1.165, 1.54) is 10.7 Å². The molecule has 32 heavy (non-hydrogen) atoms. The number of hydrogen-bond acceptors (Lipinski definition) is 5. The van der Waals surface area contributed by atoms with E-state index in [0.717, 1.165) is 27.8 Å². The van der Waals surface area contributed by atoms with Crippen molar-refractivity contribution in [3.8, 4) is 22.8 Å². The summed E-state index contributed by atoms with van der Waals surface area (Å²) in [5, 5.41) is 4.49. The molecule has 1 amide bonds. The van der Waals surface area contributed by atoms with Crippen LogP contribution in [0.1, 0.15) is 22.3 Å². The van der Waals surface area contributed by atoms with E-state index in [0.29, 0.717) is 36.7 Å². The van der Waals surface area contributed by atoms with Crippen LogP contribution in [0.5, 0.6) is 11.5 Å². The number of amides is 1. The zero-order chi connectivity index (χ0) is 22.8. The van der Waals surface area contributed by atoms with Crippen molar-refractivity contribution < 1.29 is 14.3 Å². The number of benzene rings is 2. The molecule has 7 heteroatoms. The number of hydrogen-bond donors (Lipinski definition) is 0. The number of carbonyl (C=O) groups is 1. The van der Waals surface area contributed by atoms with Crippen LogP contribution in [0.15, 0.2) is 47.3 Å². The topological polar surface area (TPSA) is 73.7 Å². The van der Waals surface area contributed by atoms with E-state index in [9.17, 15) is 9.59 Å². The van der Waals surface area contributed by atoms with Crippen LogP contribution in [0.4, 0.5) is 0 Å². The maximum atomic E-state index is 13.0. The van der Waals surface area contributed by atoms with Gasteiger partial charge in [0.15, 0.2) is 11.5 Å². The highest BCUT2D eigenvalue weighted by molar-refractivity contribution is 5.76. The van der Waals surface area contributed by atoms with Gasteiger partial charge in [-0.05, 0) is 61.2 Å². The average Bonchev–Trinajstić information content (AvgIpc) is 2.80. The molecule has 0 unspecified atom stereocenters. The normalized spacial score (nSPS) is 12.9. The minimum atomic E-state index is -0.295. The molecule has 166 valence electrons. The van der Waals surface area contributed by atoms with E-state index in [1.807, 2.05) is 44.2 Å². The van der Waals surface area contributed by atoms with E-state index in [1.54, 1.807) is 25.2 Å². The van der Waals surface area contributed by atoms with E-state index >= 15 is 0 Å². The Bertz CT molecular complexity index is 1230. The van der Waals surface area contributed by atoms with Crippen LogP contribution in [0.2, 0.25) is 0 Å². The van der Waals surface area contributed by atoms with Gasteiger partial charge in [-0.25, -0.2) is 4.68 Å². The number of methoxy groups -OCH3 is 2. The van der Waals surface area contributed by atoms with Gasteiger partial charge >= 0.3 is 0 Å². The van der Waals surface area contributed by atoms with Gasteiger partial charge in [0.25, 0.3) is 5.56 Å². The third-order valence-electron chi connectivity index (χ3n) is 5.89. The van der Waals surface area contributed by atoms with Gasteiger partial charge < -0.3 is 14.4 Å². The van der Waals surface area contributed by atoms with Crippen LogP contribution >= 0.6 is 0 Å². The van der Waals surface area contributed by atoms with Crippen molar-refractivity contribution in [2.45, 2.75) is 33.4 Å². The van der Waals surface area contributed by atoms with Crippen molar-refractivity contribution in [2.24, 2.45) is 0 Å². The summed E-state index contributed by atoms with van der Waals surface area (Å²) in [7, 11) is 3.21. The zero-order valence-electron chi connectivity index (χ0n) is 18.8. The van der Waals surface area contributed by atoms with Crippen molar-refractivity contribution in [2.75, 3.05) is 20.8 Å². The SMILES string of the molecule is COc1cc2c(cc1OC)CN(C(=O)Cn1nc(-c3cc(C)ccc3C)ccc1=O)CC2. The molecule has 3 aromatic rings. The molecular weight excluding hydrogens is 406 g/mol. The molecule has 7 nitrogen and oxygen atoms in total. The smallest absolute Gasteiger partial charge is 0.267 e. The molecule has 0 bridgehead atoms. The van der Waals surface area contributed by atoms with Crippen molar-refractivity contribution in [3.63, 3.8) is 0 Å². The molecule has 0 atom stereocenters. The monoisotopic (exact) mass is 433 g/mol. The fraction of sp³-hybridized carbons (Fsp3) is 0.320. The molecule has 1 aromatic heterocycles. The molecule has 2 aromatic carbocycles. The first-order chi connectivity index (χ1) is 15.4. The Morgan fingerprint density at radius 3 is 2.44 bits per heavy atom. The van der Waals surface area contributed by atoms with Crippen molar-refractivity contribution in [1.82, 2.24) is 14.7 Å². The summed E-state index contributed by atoms with van der Waals surface area (Å²) in [6.45, 7) is 4.96. The first-order valence-corrected chi connectivity index (χ1v) is 10.6. The molecule has 4 rings (SSSR count). The Kier molecular flexibility index (Phi) is 5.99. The second-order valence-electron chi connectivity index (χ2n) is 8.07. The van der Waals surface area contributed by atoms with Crippen molar-refractivity contribution in [1.29, 1.82) is 0 Å². The van der Waals surface area contributed by atoms with Crippen LogP contribution in [0.3, 0.4) is 0 Å². The van der Waals surface area contributed by atoms with Crippen LogP contribution in [-0.4, -0.2) is 41.4 Å². The quantitative estimate of drug-likeness (QED) is 0.618.